The Morgan fingerprint density at radius 2 is 2.15 bits per heavy atom. The molecule has 0 atom stereocenters. The first-order valence-corrected chi connectivity index (χ1v) is 8.06. The zero-order valence-corrected chi connectivity index (χ0v) is 12.5. The zero-order valence-electron chi connectivity index (χ0n) is 11.7. The van der Waals surface area contributed by atoms with E-state index in [4.69, 9.17) is 9.84 Å². The lowest BCUT2D eigenvalue weighted by molar-refractivity contribution is 0.305. The molecule has 1 aromatic rings. The molecule has 1 rings (SSSR count). The molecule has 0 saturated carbocycles. The average Bonchev–Trinajstić information content (AvgIpc) is 2.39. The summed E-state index contributed by atoms with van der Waals surface area (Å²) in [5.74, 6) is 6.09. The van der Waals surface area contributed by atoms with E-state index in [1.54, 1.807) is 26.1 Å². The fourth-order valence-corrected chi connectivity index (χ4v) is 2.09. The first-order valence-electron chi connectivity index (χ1n) is 6.35. The summed E-state index contributed by atoms with van der Waals surface area (Å²) in [6, 6.07) is 1.69. The van der Waals surface area contributed by atoms with Gasteiger partial charge in [-0.05, 0) is 19.9 Å². The van der Waals surface area contributed by atoms with E-state index in [9.17, 15) is 8.42 Å². The monoisotopic (exact) mass is 297 g/mol. The number of ether oxygens (including phenoxy) is 1. The minimum Gasteiger partial charge on any atom is -0.491 e. The van der Waals surface area contributed by atoms with Gasteiger partial charge in [0.25, 0.3) is 0 Å². The van der Waals surface area contributed by atoms with Crippen LogP contribution in [0.2, 0.25) is 0 Å². The summed E-state index contributed by atoms with van der Waals surface area (Å²) in [5, 5.41) is 8.23. The van der Waals surface area contributed by atoms with E-state index in [0.717, 1.165) is 0 Å². The van der Waals surface area contributed by atoms with E-state index in [1.165, 1.54) is 6.20 Å². The van der Waals surface area contributed by atoms with Gasteiger partial charge in [0.15, 0.2) is 9.84 Å². The van der Waals surface area contributed by atoms with Crippen molar-refractivity contribution in [2.45, 2.75) is 25.5 Å². The second-order valence-corrected chi connectivity index (χ2v) is 7.13. The average molecular weight is 297 g/mol. The number of aromatic nitrogens is 1. The molecule has 0 aliphatic carbocycles. The first-order chi connectivity index (χ1) is 9.45. The quantitative estimate of drug-likeness (QED) is 0.793. The molecule has 110 valence electrons. The van der Waals surface area contributed by atoms with Crippen molar-refractivity contribution in [3.63, 3.8) is 0 Å². The molecule has 0 aromatic carbocycles. The minimum absolute atomic E-state index is 0.0175. The van der Waals surface area contributed by atoms with Gasteiger partial charge < -0.3 is 9.84 Å². The number of aliphatic hydroxyl groups excluding tert-OH is 1. The molecule has 1 aromatic heterocycles. The Labute approximate surface area is 119 Å². The number of aliphatic hydroxyl groups is 1. The summed E-state index contributed by atoms with van der Waals surface area (Å²) in [5.41, 5.74) is 0.669. The summed E-state index contributed by atoms with van der Waals surface area (Å²) in [6.07, 6.45) is 3.50. The SMILES string of the molecule is CC(C)S(=O)(=O)CCOc1cncc(C#CCCO)c1. The van der Waals surface area contributed by atoms with E-state index in [-0.39, 0.29) is 19.0 Å². The number of hydrogen-bond donors (Lipinski definition) is 1. The summed E-state index contributed by atoms with van der Waals surface area (Å²) in [4.78, 5) is 3.97. The van der Waals surface area contributed by atoms with Gasteiger partial charge in [-0.25, -0.2) is 8.42 Å². The molecule has 20 heavy (non-hydrogen) atoms. The Morgan fingerprint density at radius 3 is 2.80 bits per heavy atom. The van der Waals surface area contributed by atoms with Gasteiger partial charge in [0.05, 0.1) is 23.8 Å². The van der Waals surface area contributed by atoms with Crippen molar-refractivity contribution in [2.24, 2.45) is 0 Å². The van der Waals surface area contributed by atoms with Crippen LogP contribution in [0.15, 0.2) is 18.5 Å². The topological polar surface area (TPSA) is 76.5 Å². The van der Waals surface area contributed by atoms with Crippen LogP contribution in [-0.2, 0) is 9.84 Å². The maximum atomic E-state index is 11.6. The maximum Gasteiger partial charge on any atom is 0.155 e. The molecule has 0 spiro atoms. The standard InChI is InChI=1S/C14H19NO4S/c1-12(2)20(17,18)8-7-19-14-9-13(10-15-11-14)5-3-4-6-16/h9-12,16H,4,6-8H2,1-2H3. The van der Waals surface area contributed by atoms with Gasteiger partial charge in [-0.1, -0.05) is 11.8 Å². The molecule has 0 aliphatic heterocycles. The number of pyridine rings is 1. The molecule has 0 radical (unpaired) electrons. The lowest BCUT2D eigenvalue weighted by Gasteiger charge is -2.09. The Balaban J connectivity index is 2.58. The Morgan fingerprint density at radius 1 is 1.40 bits per heavy atom. The molecule has 0 saturated heterocycles. The predicted molar refractivity (Wildman–Crippen MR) is 77.2 cm³/mol. The predicted octanol–water partition coefficient (Wildman–Crippen LogP) is 1.02. The van der Waals surface area contributed by atoms with Crippen molar-refractivity contribution in [3.8, 4) is 17.6 Å². The van der Waals surface area contributed by atoms with Gasteiger partial charge in [0.2, 0.25) is 0 Å². The number of nitrogens with zero attached hydrogens (tertiary/aromatic N) is 1. The van der Waals surface area contributed by atoms with Gasteiger partial charge in [-0.15, -0.1) is 0 Å². The summed E-state index contributed by atoms with van der Waals surface area (Å²) < 4.78 is 28.6. The van der Waals surface area contributed by atoms with E-state index in [0.29, 0.717) is 17.7 Å². The summed E-state index contributed by atoms with van der Waals surface area (Å²) in [7, 11) is -3.10. The number of sulfone groups is 1. The van der Waals surface area contributed by atoms with Crippen LogP contribution in [0.5, 0.6) is 5.75 Å². The third-order valence-corrected chi connectivity index (χ3v) is 4.71. The highest BCUT2D eigenvalue weighted by Gasteiger charge is 2.15. The molecular formula is C14H19NO4S. The molecule has 0 aliphatic rings. The van der Waals surface area contributed by atoms with Crippen molar-refractivity contribution >= 4 is 9.84 Å². The van der Waals surface area contributed by atoms with Gasteiger partial charge >= 0.3 is 0 Å². The van der Waals surface area contributed by atoms with Gasteiger partial charge in [-0.3, -0.25) is 4.98 Å². The maximum absolute atomic E-state index is 11.6. The number of rotatable bonds is 6. The fourth-order valence-electron chi connectivity index (χ4n) is 1.30. The lowest BCUT2D eigenvalue weighted by Crippen LogP contribution is -2.22. The Hall–Kier alpha value is -1.58. The highest BCUT2D eigenvalue weighted by atomic mass is 32.2. The number of hydrogen-bond acceptors (Lipinski definition) is 5. The van der Waals surface area contributed by atoms with E-state index in [1.807, 2.05) is 0 Å². The zero-order chi connectivity index (χ0) is 15.0. The van der Waals surface area contributed by atoms with Gasteiger partial charge in [-0.2, -0.15) is 0 Å². The molecule has 6 heteroatoms. The molecular weight excluding hydrogens is 278 g/mol. The molecule has 5 nitrogen and oxygen atoms in total. The van der Waals surface area contributed by atoms with Crippen LogP contribution in [0.4, 0.5) is 0 Å². The van der Waals surface area contributed by atoms with Crippen molar-refractivity contribution in [2.75, 3.05) is 19.0 Å². The highest BCUT2D eigenvalue weighted by molar-refractivity contribution is 7.91. The van der Waals surface area contributed by atoms with Crippen LogP contribution >= 0.6 is 0 Å². The van der Waals surface area contributed by atoms with Crippen molar-refractivity contribution in [1.82, 2.24) is 4.98 Å². The van der Waals surface area contributed by atoms with E-state index in [2.05, 4.69) is 16.8 Å². The first kappa shape index (κ1) is 16.5. The smallest absolute Gasteiger partial charge is 0.155 e. The van der Waals surface area contributed by atoms with Crippen molar-refractivity contribution in [1.29, 1.82) is 0 Å². The fraction of sp³-hybridized carbons (Fsp3) is 0.500. The summed E-state index contributed by atoms with van der Waals surface area (Å²) >= 11 is 0. The largest absolute Gasteiger partial charge is 0.491 e. The Bertz CT molecular complexity index is 585. The van der Waals surface area contributed by atoms with Gasteiger partial charge in [0.1, 0.15) is 12.4 Å². The van der Waals surface area contributed by atoms with Crippen LogP contribution < -0.4 is 4.74 Å². The van der Waals surface area contributed by atoms with Crippen molar-refractivity contribution < 1.29 is 18.3 Å². The molecule has 0 amide bonds. The molecule has 0 bridgehead atoms. The second kappa shape index (κ2) is 7.88. The third kappa shape index (κ3) is 5.59. The molecule has 0 fully saturated rings. The normalized spacial score (nSPS) is 11.0. The Kier molecular flexibility index (Phi) is 6.49. The van der Waals surface area contributed by atoms with Crippen LogP contribution in [-0.4, -0.2) is 42.7 Å². The van der Waals surface area contributed by atoms with Crippen LogP contribution in [0.1, 0.15) is 25.8 Å². The third-order valence-electron chi connectivity index (χ3n) is 2.54. The second-order valence-electron chi connectivity index (χ2n) is 4.45. The van der Waals surface area contributed by atoms with Gasteiger partial charge in [0, 0.05) is 18.2 Å². The van der Waals surface area contributed by atoms with E-state index >= 15 is 0 Å². The molecule has 1 N–H and O–H groups in total. The van der Waals surface area contributed by atoms with Crippen molar-refractivity contribution in [3.05, 3.63) is 24.0 Å². The van der Waals surface area contributed by atoms with Crippen LogP contribution in [0.25, 0.3) is 0 Å². The molecule has 0 unspecified atom stereocenters. The molecule has 1 heterocycles. The minimum atomic E-state index is -3.10. The highest BCUT2D eigenvalue weighted by Crippen LogP contribution is 2.11. The summed E-state index contributed by atoms with van der Waals surface area (Å²) in [6.45, 7) is 3.40. The van der Waals surface area contributed by atoms with E-state index < -0.39 is 15.1 Å². The van der Waals surface area contributed by atoms with Crippen LogP contribution in [0.3, 0.4) is 0 Å². The lowest BCUT2D eigenvalue weighted by atomic mass is 10.2. The van der Waals surface area contributed by atoms with Crippen LogP contribution in [0, 0.1) is 11.8 Å².